The Bertz CT molecular complexity index is 1210. The lowest BCUT2D eigenvalue weighted by Gasteiger charge is -2.12. The maximum atomic E-state index is 13.5. The van der Waals surface area contributed by atoms with Gasteiger partial charge in [0.05, 0.1) is 24.5 Å². The van der Waals surface area contributed by atoms with Crippen LogP contribution < -0.4 is 10.5 Å². The highest BCUT2D eigenvalue weighted by atomic mass is 32.2. The van der Waals surface area contributed by atoms with Crippen molar-refractivity contribution in [2.45, 2.75) is 11.3 Å². The number of sulfonamides is 1. The van der Waals surface area contributed by atoms with Crippen molar-refractivity contribution in [1.82, 2.24) is 9.78 Å². The molecule has 0 saturated heterocycles. The van der Waals surface area contributed by atoms with Crippen molar-refractivity contribution in [2.75, 3.05) is 5.32 Å². The maximum absolute atomic E-state index is 13.5. The molecule has 0 fully saturated rings. The van der Waals surface area contributed by atoms with Gasteiger partial charge < -0.3 is 5.32 Å². The average Bonchev–Trinajstić information content (AvgIpc) is 3.07. The van der Waals surface area contributed by atoms with Crippen LogP contribution in [-0.4, -0.2) is 24.1 Å². The summed E-state index contributed by atoms with van der Waals surface area (Å²) in [5.74, 6) is -1.65. The molecular formula is C19H16F2N4O3S. The molecule has 0 radical (unpaired) electrons. The van der Waals surface area contributed by atoms with Crippen LogP contribution in [0.25, 0.3) is 11.8 Å². The van der Waals surface area contributed by atoms with Crippen LogP contribution in [0.4, 0.5) is 14.5 Å². The molecule has 29 heavy (non-hydrogen) atoms. The van der Waals surface area contributed by atoms with E-state index in [4.69, 9.17) is 5.14 Å². The van der Waals surface area contributed by atoms with Crippen molar-refractivity contribution < 1.29 is 22.0 Å². The van der Waals surface area contributed by atoms with Crippen molar-refractivity contribution in [3.8, 4) is 5.69 Å². The Morgan fingerprint density at radius 3 is 2.59 bits per heavy atom. The molecule has 0 aliphatic heterocycles. The number of aromatic nitrogens is 2. The Labute approximate surface area is 165 Å². The standard InChI is InChI=1S/C19H16F2N4O3S/c1-2-12-3-4-14(20)7-13(12)8-19(26)24-16-5-6-17(18(9-16)29(22,27)28)25-11-15(21)10-23-25/h2-7,9-11H,1,8H2,(H,24,26)(H2,22,27,28). The summed E-state index contributed by atoms with van der Waals surface area (Å²) in [5.41, 5.74) is 1.19. The summed E-state index contributed by atoms with van der Waals surface area (Å²) >= 11 is 0. The van der Waals surface area contributed by atoms with Crippen molar-refractivity contribution in [3.05, 3.63) is 78.1 Å². The van der Waals surface area contributed by atoms with Crippen LogP contribution >= 0.6 is 0 Å². The molecule has 3 aromatic rings. The van der Waals surface area contributed by atoms with Crippen LogP contribution in [0.1, 0.15) is 11.1 Å². The van der Waals surface area contributed by atoms with E-state index in [1.54, 1.807) is 0 Å². The zero-order valence-corrected chi connectivity index (χ0v) is 15.8. The first-order valence-electron chi connectivity index (χ1n) is 8.25. The van der Waals surface area contributed by atoms with E-state index in [9.17, 15) is 22.0 Å². The number of halogens is 2. The van der Waals surface area contributed by atoms with Crippen LogP contribution in [-0.2, 0) is 21.2 Å². The molecule has 2 aromatic carbocycles. The van der Waals surface area contributed by atoms with Crippen LogP contribution in [0.2, 0.25) is 0 Å². The zero-order chi connectivity index (χ0) is 21.2. The van der Waals surface area contributed by atoms with Gasteiger partial charge in [-0.2, -0.15) is 5.10 Å². The number of benzene rings is 2. The SMILES string of the molecule is C=Cc1ccc(F)cc1CC(=O)Nc1ccc(-n2cc(F)cn2)c(S(N)(=O)=O)c1. The van der Waals surface area contributed by atoms with Crippen LogP contribution in [0, 0.1) is 11.6 Å². The topological polar surface area (TPSA) is 107 Å². The van der Waals surface area contributed by atoms with E-state index in [2.05, 4.69) is 17.0 Å². The van der Waals surface area contributed by atoms with E-state index in [0.29, 0.717) is 11.1 Å². The highest BCUT2D eigenvalue weighted by molar-refractivity contribution is 7.89. The number of hydrogen-bond donors (Lipinski definition) is 2. The maximum Gasteiger partial charge on any atom is 0.240 e. The molecule has 1 heterocycles. The number of amides is 1. The Morgan fingerprint density at radius 2 is 1.97 bits per heavy atom. The second-order valence-corrected chi connectivity index (χ2v) is 7.63. The minimum Gasteiger partial charge on any atom is -0.326 e. The lowest BCUT2D eigenvalue weighted by atomic mass is 10.0. The molecule has 0 bridgehead atoms. The average molecular weight is 418 g/mol. The molecule has 1 amide bonds. The Kier molecular flexibility index (Phi) is 5.57. The first-order valence-corrected chi connectivity index (χ1v) is 9.80. The molecule has 3 rings (SSSR count). The summed E-state index contributed by atoms with van der Waals surface area (Å²) < 4.78 is 51.6. The normalized spacial score (nSPS) is 11.3. The molecule has 0 aliphatic carbocycles. The summed E-state index contributed by atoms with van der Waals surface area (Å²) in [7, 11) is -4.20. The van der Waals surface area contributed by atoms with E-state index in [1.807, 2.05) is 0 Å². The second kappa shape index (κ2) is 7.94. The number of carbonyl (C=O) groups is 1. The van der Waals surface area contributed by atoms with Crippen LogP contribution in [0.5, 0.6) is 0 Å². The molecule has 1 aromatic heterocycles. The van der Waals surface area contributed by atoms with E-state index < -0.39 is 27.6 Å². The predicted octanol–water partition coefficient (Wildman–Crippen LogP) is 2.62. The summed E-state index contributed by atoms with van der Waals surface area (Å²) in [6.45, 7) is 3.62. The first-order chi connectivity index (χ1) is 13.7. The summed E-state index contributed by atoms with van der Waals surface area (Å²) in [4.78, 5) is 12.0. The van der Waals surface area contributed by atoms with Gasteiger partial charge >= 0.3 is 0 Å². The number of rotatable bonds is 6. The van der Waals surface area contributed by atoms with Gasteiger partial charge in [-0.3, -0.25) is 4.79 Å². The number of anilines is 1. The quantitative estimate of drug-likeness (QED) is 0.642. The second-order valence-electron chi connectivity index (χ2n) is 6.10. The molecule has 0 aliphatic rings. The van der Waals surface area contributed by atoms with Gasteiger partial charge in [0.25, 0.3) is 0 Å². The highest BCUT2D eigenvalue weighted by Gasteiger charge is 2.18. The van der Waals surface area contributed by atoms with Crippen LogP contribution in [0.3, 0.4) is 0 Å². The lowest BCUT2D eigenvalue weighted by Crippen LogP contribution is -2.18. The van der Waals surface area contributed by atoms with Gasteiger partial charge in [-0.25, -0.2) is 27.0 Å². The third-order valence-corrected chi connectivity index (χ3v) is 4.96. The molecule has 150 valence electrons. The molecule has 7 nitrogen and oxygen atoms in total. The largest absolute Gasteiger partial charge is 0.326 e. The monoisotopic (exact) mass is 418 g/mol. The fourth-order valence-corrected chi connectivity index (χ4v) is 3.49. The van der Waals surface area contributed by atoms with E-state index in [0.717, 1.165) is 23.1 Å². The lowest BCUT2D eigenvalue weighted by molar-refractivity contribution is -0.115. The van der Waals surface area contributed by atoms with Gasteiger partial charge in [-0.1, -0.05) is 18.7 Å². The third kappa shape index (κ3) is 4.73. The molecule has 0 unspecified atom stereocenters. The number of nitrogens with two attached hydrogens (primary N) is 1. The van der Waals surface area contributed by atoms with Crippen LogP contribution in [0.15, 0.2) is 60.3 Å². The smallest absolute Gasteiger partial charge is 0.240 e. The Hall–Kier alpha value is -3.37. The van der Waals surface area contributed by atoms with Gasteiger partial charge in [0.1, 0.15) is 10.7 Å². The number of nitrogens with zero attached hydrogens (tertiary/aromatic N) is 2. The number of primary sulfonamides is 1. The number of nitrogens with one attached hydrogen (secondary N) is 1. The third-order valence-electron chi connectivity index (χ3n) is 4.02. The minimum atomic E-state index is -4.20. The van der Waals surface area contributed by atoms with Crippen molar-refractivity contribution >= 4 is 27.7 Å². The van der Waals surface area contributed by atoms with Gasteiger partial charge in [0.2, 0.25) is 15.9 Å². The van der Waals surface area contributed by atoms with Crippen molar-refractivity contribution in [1.29, 1.82) is 0 Å². The molecule has 10 heteroatoms. The highest BCUT2D eigenvalue weighted by Crippen LogP contribution is 2.23. The molecular weight excluding hydrogens is 402 g/mol. The predicted molar refractivity (Wildman–Crippen MR) is 104 cm³/mol. The summed E-state index contributed by atoms with van der Waals surface area (Å²) in [5, 5.41) is 11.5. The summed E-state index contributed by atoms with van der Waals surface area (Å²) in [6.07, 6.45) is 3.25. The molecule has 0 saturated carbocycles. The molecule has 0 spiro atoms. The molecule has 0 atom stereocenters. The van der Waals surface area contributed by atoms with Gasteiger partial charge in [-0.15, -0.1) is 0 Å². The Balaban J connectivity index is 1.89. The summed E-state index contributed by atoms with van der Waals surface area (Å²) in [6, 6.07) is 7.88. The van der Waals surface area contributed by atoms with Crippen molar-refractivity contribution in [3.63, 3.8) is 0 Å². The first kappa shape index (κ1) is 20.4. The van der Waals surface area contributed by atoms with Gasteiger partial charge in [-0.05, 0) is 41.5 Å². The van der Waals surface area contributed by atoms with E-state index in [-0.39, 0.29) is 22.7 Å². The fraction of sp³-hybridized carbons (Fsp3) is 0.0526. The van der Waals surface area contributed by atoms with Gasteiger partial charge in [0.15, 0.2) is 5.82 Å². The van der Waals surface area contributed by atoms with Gasteiger partial charge in [0, 0.05) is 5.69 Å². The number of hydrogen-bond acceptors (Lipinski definition) is 4. The number of carbonyl (C=O) groups excluding carboxylic acids is 1. The van der Waals surface area contributed by atoms with Crippen molar-refractivity contribution in [2.24, 2.45) is 5.14 Å². The fourth-order valence-electron chi connectivity index (χ4n) is 2.75. The van der Waals surface area contributed by atoms with E-state index >= 15 is 0 Å². The minimum absolute atomic E-state index is 0.0217. The van der Waals surface area contributed by atoms with E-state index in [1.165, 1.54) is 36.4 Å². The molecule has 3 N–H and O–H groups in total. The zero-order valence-electron chi connectivity index (χ0n) is 15.0. The Morgan fingerprint density at radius 1 is 1.21 bits per heavy atom.